The summed E-state index contributed by atoms with van der Waals surface area (Å²) in [7, 11) is 0. The maximum absolute atomic E-state index is 8.75. The van der Waals surface area contributed by atoms with Gasteiger partial charge in [-0.25, -0.2) is 0 Å². The standard InChI is InChI=1S/C9H20OS/c1-5-8(6-7-10)11-9(2,3)4/h8,10H,5-7H2,1-4H3. The number of thioether (sulfide) groups is 1. The average molecular weight is 176 g/mol. The molecule has 1 unspecified atom stereocenters. The molecule has 0 aromatic carbocycles. The Labute approximate surface area is 74.6 Å². The Morgan fingerprint density at radius 3 is 2.18 bits per heavy atom. The van der Waals surface area contributed by atoms with Gasteiger partial charge in [0, 0.05) is 16.6 Å². The Kier molecular flexibility index (Phi) is 5.19. The fraction of sp³-hybridized carbons (Fsp3) is 1.00. The van der Waals surface area contributed by atoms with Gasteiger partial charge in [0.25, 0.3) is 0 Å². The molecule has 1 N–H and O–H groups in total. The lowest BCUT2D eigenvalue weighted by atomic mass is 10.2. The molecule has 0 radical (unpaired) electrons. The molecule has 11 heavy (non-hydrogen) atoms. The highest BCUT2D eigenvalue weighted by atomic mass is 32.2. The zero-order valence-electron chi connectivity index (χ0n) is 8.05. The summed E-state index contributed by atoms with van der Waals surface area (Å²) in [5, 5.41) is 9.38. The molecule has 0 aliphatic carbocycles. The third kappa shape index (κ3) is 6.70. The third-order valence-electron chi connectivity index (χ3n) is 1.43. The van der Waals surface area contributed by atoms with E-state index in [1.165, 1.54) is 0 Å². The molecule has 0 spiro atoms. The predicted molar refractivity (Wildman–Crippen MR) is 53.1 cm³/mol. The lowest BCUT2D eigenvalue weighted by Gasteiger charge is -2.24. The molecule has 0 rings (SSSR count). The van der Waals surface area contributed by atoms with Gasteiger partial charge < -0.3 is 5.11 Å². The Morgan fingerprint density at radius 1 is 1.36 bits per heavy atom. The second-order valence-electron chi connectivity index (χ2n) is 3.77. The number of rotatable bonds is 4. The van der Waals surface area contributed by atoms with Crippen LogP contribution in [-0.2, 0) is 0 Å². The van der Waals surface area contributed by atoms with Crippen molar-refractivity contribution in [2.75, 3.05) is 6.61 Å². The molecule has 68 valence electrons. The minimum Gasteiger partial charge on any atom is -0.396 e. The van der Waals surface area contributed by atoms with Crippen LogP contribution in [0.5, 0.6) is 0 Å². The Hall–Kier alpha value is 0.310. The van der Waals surface area contributed by atoms with E-state index in [0.717, 1.165) is 12.8 Å². The molecule has 0 aliphatic heterocycles. The minimum absolute atomic E-state index is 0.321. The number of hydrogen-bond donors (Lipinski definition) is 1. The summed E-state index contributed by atoms with van der Waals surface area (Å²) in [6.45, 7) is 9.16. The molecule has 0 fully saturated rings. The van der Waals surface area contributed by atoms with Gasteiger partial charge in [-0.15, -0.1) is 0 Å². The SMILES string of the molecule is CCC(CCO)SC(C)(C)C. The van der Waals surface area contributed by atoms with E-state index in [1.807, 2.05) is 11.8 Å². The van der Waals surface area contributed by atoms with Crippen molar-refractivity contribution in [2.45, 2.75) is 50.5 Å². The molecule has 0 amide bonds. The molecule has 0 saturated carbocycles. The smallest absolute Gasteiger partial charge is 0.0441 e. The van der Waals surface area contributed by atoms with Crippen molar-refractivity contribution in [3.05, 3.63) is 0 Å². The van der Waals surface area contributed by atoms with Crippen LogP contribution >= 0.6 is 11.8 Å². The highest BCUT2D eigenvalue weighted by molar-refractivity contribution is 8.01. The van der Waals surface area contributed by atoms with Crippen molar-refractivity contribution < 1.29 is 5.11 Å². The summed E-state index contributed by atoms with van der Waals surface area (Å²) in [6.07, 6.45) is 2.08. The molecule has 0 bridgehead atoms. The first-order chi connectivity index (χ1) is 4.99. The Balaban J connectivity index is 3.68. The minimum atomic E-state index is 0.321. The molecule has 1 atom stereocenters. The quantitative estimate of drug-likeness (QED) is 0.710. The van der Waals surface area contributed by atoms with Gasteiger partial charge >= 0.3 is 0 Å². The fourth-order valence-corrected chi connectivity index (χ4v) is 2.38. The van der Waals surface area contributed by atoms with Crippen molar-refractivity contribution >= 4 is 11.8 Å². The molecule has 0 saturated heterocycles. The van der Waals surface area contributed by atoms with Gasteiger partial charge in [-0.2, -0.15) is 11.8 Å². The zero-order valence-corrected chi connectivity index (χ0v) is 8.87. The van der Waals surface area contributed by atoms with E-state index in [2.05, 4.69) is 27.7 Å². The van der Waals surface area contributed by atoms with Gasteiger partial charge in [-0.05, 0) is 12.8 Å². The van der Waals surface area contributed by atoms with Gasteiger partial charge in [-0.3, -0.25) is 0 Å². The van der Waals surface area contributed by atoms with Crippen molar-refractivity contribution in [1.29, 1.82) is 0 Å². The maximum atomic E-state index is 8.75. The molecule has 1 nitrogen and oxygen atoms in total. The van der Waals surface area contributed by atoms with Gasteiger partial charge in [0.05, 0.1) is 0 Å². The fourth-order valence-electron chi connectivity index (χ4n) is 0.990. The van der Waals surface area contributed by atoms with E-state index in [1.54, 1.807) is 0 Å². The van der Waals surface area contributed by atoms with Gasteiger partial charge in [0.1, 0.15) is 0 Å². The first-order valence-corrected chi connectivity index (χ1v) is 5.16. The van der Waals surface area contributed by atoms with E-state index in [-0.39, 0.29) is 0 Å². The summed E-state index contributed by atoms with van der Waals surface area (Å²) >= 11 is 1.97. The predicted octanol–water partition coefficient (Wildman–Crippen LogP) is 2.68. The molecule has 2 heteroatoms. The van der Waals surface area contributed by atoms with E-state index in [0.29, 0.717) is 16.6 Å². The summed E-state index contributed by atoms with van der Waals surface area (Å²) in [5.74, 6) is 0. The van der Waals surface area contributed by atoms with Crippen LogP contribution in [0, 0.1) is 0 Å². The number of hydrogen-bond acceptors (Lipinski definition) is 2. The van der Waals surface area contributed by atoms with Crippen LogP contribution in [0.1, 0.15) is 40.5 Å². The van der Waals surface area contributed by atoms with Crippen LogP contribution in [0.25, 0.3) is 0 Å². The summed E-state index contributed by atoms with van der Waals surface area (Å²) in [5.41, 5.74) is 0. The molecule has 0 aromatic heterocycles. The van der Waals surface area contributed by atoms with Crippen molar-refractivity contribution in [1.82, 2.24) is 0 Å². The summed E-state index contributed by atoms with van der Waals surface area (Å²) in [4.78, 5) is 0. The highest BCUT2D eigenvalue weighted by Gasteiger charge is 2.16. The monoisotopic (exact) mass is 176 g/mol. The maximum Gasteiger partial charge on any atom is 0.0441 e. The molecule has 0 aliphatic rings. The van der Waals surface area contributed by atoms with E-state index in [4.69, 9.17) is 5.11 Å². The van der Waals surface area contributed by atoms with Crippen molar-refractivity contribution in [3.8, 4) is 0 Å². The first-order valence-electron chi connectivity index (χ1n) is 4.28. The lowest BCUT2D eigenvalue weighted by Crippen LogP contribution is -2.16. The summed E-state index contributed by atoms with van der Waals surface area (Å²) < 4.78 is 0.329. The van der Waals surface area contributed by atoms with Gasteiger partial charge in [-0.1, -0.05) is 27.7 Å². The van der Waals surface area contributed by atoms with Crippen LogP contribution in [0.2, 0.25) is 0 Å². The second kappa shape index (κ2) is 5.04. The van der Waals surface area contributed by atoms with Gasteiger partial charge in [0.2, 0.25) is 0 Å². The topological polar surface area (TPSA) is 20.2 Å². The van der Waals surface area contributed by atoms with Crippen LogP contribution in [0.15, 0.2) is 0 Å². The van der Waals surface area contributed by atoms with Crippen molar-refractivity contribution in [2.24, 2.45) is 0 Å². The molecule has 0 heterocycles. The normalized spacial score (nSPS) is 15.0. The number of aliphatic hydroxyl groups is 1. The summed E-state index contributed by atoms with van der Waals surface area (Å²) in [6, 6.07) is 0. The van der Waals surface area contributed by atoms with E-state index < -0.39 is 0 Å². The van der Waals surface area contributed by atoms with Crippen LogP contribution in [-0.4, -0.2) is 21.7 Å². The van der Waals surface area contributed by atoms with Crippen molar-refractivity contribution in [3.63, 3.8) is 0 Å². The van der Waals surface area contributed by atoms with Crippen LogP contribution in [0.3, 0.4) is 0 Å². The molecular formula is C9H20OS. The third-order valence-corrected chi connectivity index (χ3v) is 3.04. The zero-order chi connectivity index (χ0) is 8.91. The van der Waals surface area contributed by atoms with Gasteiger partial charge in [0.15, 0.2) is 0 Å². The first kappa shape index (κ1) is 11.3. The Bertz CT molecular complexity index is 96.2. The number of aliphatic hydroxyl groups excluding tert-OH is 1. The average Bonchev–Trinajstić information content (AvgIpc) is 1.84. The highest BCUT2D eigenvalue weighted by Crippen LogP contribution is 2.31. The van der Waals surface area contributed by atoms with Crippen LogP contribution in [0.4, 0.5) is 0 Å². The Morgan fingerprint density at radius 2 is 1.91 bits per heavy atom. The second-order valence-corrected chi connectivity index (χ2v) is 5.90. The molecular weight excluding hydrogens is 156 g/mol. The largest absolute Gasteiger partial charge is 0.396 e. The molecule has 0 aromatic rings. The van der Waals surface area contributed by atoms with E-state index in [9.17, 15) is 0 Å². The van der Waals surface area contributed by atoms with E-state index >= 15 is 0 Å². The van der Waals surface area contributed by atoms with Crippen LogP contribution < -0.4 is 0 Å². The lowest BCUT2D eigenvalue weighted by molar-refractivity contribution is 0.286.